The first kappa shape index (κ1) is 22.5. The van der Waals surface area contributed by atoms with Crippen molar-refractivity contribution in [2.75, 3.05) is 18.1 Å². The van der Waals surface area contributed by atoms with E-state index in [1.54, 1.807) is 11.8 Å². The third-order valence-corrected chi connectivity index (χ3v) is 5.87. The number of anilines is 1. The fourth-order valence-electron chi connectivity index (χ4n) is 4.23. The van der Waals surface area contributed by atoms with E-state index in [9.17, 15) is 9.59 Å². The average Bonchev–Trinajstić information content (AvgIpc) is 3.12. The molecule has 4 rings (SSSR count). The van der Waals surface area contributed by atoms with Gasteiger partial charge in [-0.2, -0.15) is 5.10 Å². The van der Waals surface area contributed by atoms with Crippen molar-refractivity contribution in [2.45, 2.75) is 33.0 Å². The molecule has 0 bridgehead atoms. The first-order valence-electron chi connectivity index (χ1n) is 11.0. The SMILES string of the molecule is CC(=O)N(Cc1nn(C)c2c1CN(Cc1ccc(OCC(N)=O)cc1)CC2)c1ccccc1. The molecule has 1 aliphatic heterocycles. The van der Waals surface area contributed by atoms with Crippen LogP contribution in [0.2, 0.25) is 0 Å². The van der Waals surface area contributed by atoms with Crippen LogP contribution in [-0.4, -0.2) is 39.6 Å². The molecule has 2 N–H and O–H groups in total. The number of amides is 2. The van der Waals surface area contributed by atoms with Crippen LogP contribution in [0.1, 0.15) is 29.4 Å². The van der Waals surface area contributed by atoms with E-state index in [0.29, 0.717) is 12.3 Å². The van der Waals surface area contributed by atoms with Crippen LogP contribution < -0.4 is 15.4 Å². The minimum Gasteiger partial charge on any atom is -0.484 e. The van der Waals surface area contributed by atoms with Crippen LogP contribution in [0.3, 0.4) is 0 Å². The molecule has 2 aromatic carbocycles. The maximum atomic E-state index is 12.4. The summed E-state index contributed by atoms with van der Waals surface area (Å²) in [5.74, 6) is 0.122. The molecule has 172 valence electrons. The van der Waals surface area contributed by atoms with Gasteiger partial charge in [0, 0.05) is 57.0 Å². The van der Waals surface area contributed by atoms with E-state index in [1.165, 1.54) is 11.3 Å². The summed E-state index contributed by atoms with van der Waals surface area (Å²) in [4.78, 5) is 27.4. The molecule has 0 atom stereocenters. The van der Waals surface area contributed by atoms with Gasteiger partial charge >= 0.3 is 0 Å². The largest absolute Gasteiger partial charge is 0.484 e. The van der Waals surface area contributed by atoms with Gasteiger partial charge in [-0.1, -0.05) is 30.3 Å². The molecule has 33 heavy (non-hydrogen) atoms. The van der Waals surface area contributed by atoms with E-state index in [0.717, 1.165) is 43.0 Å². The van der Waals surface area contributed by atoms with Crippen LogP contribution in [0.5, 0.6) is 5.75 Å². The molecule has 3 aromatic rings. The number of carbonyl (C=O) groups excluding carboxylic acids is 2. The summed E-state index contributed by atoms with van der Waals surface area (Å²) in [7, 11) is 1.98. The predicted molar refractivity (Wildman–Crippen MR) is 125 cm³/mol. The maximum absolute atomic E-state index is 12.4. The Bertz CT molecular complexity index is 1120. The van der Waals surface area contributed by atoms with Crippen molar-refractivity contribution in [1.29, 1.82) is 0 Å². The van der Waals surface area contributed by atoms with E-state index in [-0.39, 0.29) is 12.5 Å². The molecule has 8 heteroatoms. The van der Waals surface area contributed by atoms with Gasteiger partial charge < -0.3 is 15.4 Å². The molecule has 2 amide bonds. The van der Waals surface area contributed by atoms with Gasteiger partial charge in [-0.15, -0.1) is 0 Å². The third-order valence-electron chi connectivity index (χ3n) is 5.87. The molecule has 0 saturated carbocycles. The number of benzene rings is 2. The lowest BCUT2D eigenvalue weighted by Gasteiger charge is -2.28. The number of ether oxygens (including phenoxy) is 1. The average molecular weight is 448 g/mol. The number of aryl methyl sites for hydroxylation is 1. The van der Waals surface area contributed by atoms with Crippen molar-refractivity contribution >= 4 is 17.5 Å². The molecule has 2 heterocycles. The number of hydrogen-bond acceptors (Lipinski definition) is 5. The Morgan fingerprint density at radius 1 is 1.12 bits per heavy atom. The van der Waals surface area contributed by atoms with Gasteiger partial charge in [-0.25, -0.2) is 0 Å². The number of hydrogen-bond donors (Lipinski definition) is 1. The zero-order valence-electron chi connectivity index (χ0n) is 19.0. The summed E-state index contributed by atoms with van der Waals surface area (Å²) < 4.78 is 7.29. The summed E-state index contributed by atoms with van der Waals surface area (Å²) >= 11 is 0. The van der Waals surface area contributed by atoms with Crippen LogP contribution in [0.4, 0.5) is 5.69 Å². The highest BCUT2D eigenvalue weighted by atomic mass is 16.5. The molecule has 0 spiro atoms. The highest BCUT2D eigenvalue weighted by molar-refractivity contribution is 5.91. The van der Waals surface area contributed by atoms with Gasteiger partial charge in [0.25, 0.3) is 5.91 Å². The van der Waals surface area contributed by atoms with Gasteiger partial charge in [-0.3, -0.25) is 19.2 Å². The fourth-order valence-corrected chi connectivity index (χ4v) is 4.23. The molecule has 0 aliphatic carbocycles. The maximum Gasteiger partial charge on any atom is 0.255 e. The Morgan fingerprint density at radius 2 is 1.85 bits per heavy atom. The third kappa shape index (κ3) is 5.40. The zero-order chi connectivity index (χ0) is 23.4. The first-order valence-corrected chi connectivity index (χ1v) is 11.0. The zero-order valence-corrected chi connectivity index (χ0v) is 19.0. The summed E-state index contributed by atoms with van der Waals surface area (Å²) in [5.41, 5.74) is 10.5. The number of rotatable bonds is 8. The lowest BCUT2D eigenvalue weighted by molar-refractivity contribution is -0.120. The van der Waals surface area contributed by atoms with Crippen LogP contribution in [0.25, 0.3) is 0 Å². The quantitative estimate of drug-likeness (QED) is 0.572. The van der Waals surface area contributed by atoms with E-state index in [2.05, 4.69) is 4.90 Å². The summed E-state index contributed by atoms with van der Waals surface area (Å²) in [6, 6.07) is 17.4. The van der Waals surface area contributed by atoms with Crippen molar-refractivity contribution in [3.05, 3.63) is 77.1 Å². The smallest absolute Gasteiger partial charge is 0.255 e. The van der Waals surface area contributed by atoms with E-state index < -0.39 is 5.91 Å². The lowest BCUT2D eigenvalue weighted by Crippen LogP contribution is -2.32. The number of primary amides is 1. The Morgan fingerprint density at radius 3 is 2.52 bits per heavy atom. The Hall–Kier alpha value is -3.65. The summed E-state index contributed by atoms with van der Waals surface area (Å²) in [6.45, 7) is 4.41. The molecule has 8 nitrogen and oxygen atoms in total. The van der Waals surface area contributed by atoms with Gasteiger partial charge in [0.1, 0.15) is 5.75 Å². The fraction of sp³-hybridized carbons (Fsp3) is 0.320. The van der Waals surface area contributed by atoms with Crippen molar-refractivity contribution in [3.63, 3.8) is 0 Å². The molecule has 0 fully saturated rings. The van der Waals surface area contributed by atoms with Crippen LogP contribution in [0.15, 0.2) is 54.6 Å². The Labute approximate surface area is 193 Å². The number of nitrogens with two attached hydrogens (primary N) is 1. The molecule has 1 aromatic heterocycles. The number of para-hydroxylation sites is 1. The minimum atomic E-state index is -0.494. The molecular weight excluding hydrogens is 418 g/mol. The normalized spacial score (nSPS) is 13.4. The van der Waals surface area contributed by atoms with E-state index >= 15 is 0 Å². The van der Waals surface area contributed by atoms with E-state index in [1.807, 2.05) is 66.3 Å². The summed E-state index contributed by atoms with van der Waals surface area (Å²) in [6.07, 6.45) is 0.907. The number of aromatic nitrogens is 2. The number of fused-ring (bicyclic) bond motifs is 1. The van der Waals surface area contributed by atoms with Crippen LogP contribution in [0, 0.1) is 0 Å². The minimum absolute atomic E-state index is 0.00749. The summed E-state index contributed by atoms with van der Waals surface area (Å²) in [5, 5.41) is 4.77. The second-order valence-corrected chi connectivity index (χ2v) is 8.30. The van der Waals surface area contributed by atoms with Gasteiger partial charge in [-0.05, 0) is 29.8 Å². The highest BCUT2D eigenvalue weighted by Gasteiger charge is 2.26. The van der Waals surface area contributed by atoms with E-state index in [4.69, 9.17) is 15.6 Å². The Balaban J connectivity index is 1.47. The van der Waals surface area contributed by atoms with Gasteiger partial charge in [0.2, 0.25) is 5.91 Å². The van der Waals surface area contributed by atoms with Crippen molar-refractivity contribution in [3.8, 4) is 5.75 Å². The Kier molecular flexibility index (Phi) is 6.74. The predicted octanol–water partition coefficient (Wildman–Crippen LogP) is 2.40. The highest BCUT2D eigenvalue weighted by Crippen LogP contribution is 2.26. The second kappa shape index (κ2) is 9.87. The lowest BCUT2D eigenvalue weighted by atomic mass is 10.0. The van der Waals surface area contributed by atoms with Crippen molar-refractivity contribution in [2.24, 2.45) is 12.8 Å². The molecule has 0 saturated heterocycles. The van der Waals surface area contributed by atoms with Crippen molar-refractivity contribution < 1.29 is 14.3 Å². The second-order valence-electron chi connectivity index (χ2n) is 8.30. The van der Waals surface area contributed by atoms with Crippen LogP contribution >= 0.6 is 0 Å². The molecule has 1 aliphatic rings. The first-order chi connectivity index (χ1) is 15.9. The molecular formula is C25H29N5O3. The number of carbonyl (C=O) groups is 2. The van der Waals surface area contributed by atoms with Crippen LogP contribution in [-0.2, 0) is 42.7 Å². The molecule has 0 radical (unpaired) electrons. The van der Waals surface area contributed by atoms with Gasteiger partial charge in [0.15, 0.2) is 6.61 Å². The number of nitrogens with zero attached hydrogens (tertiary/aromatic N) is 4. The van der Waals surface area contributed by atoms with Gasteiger partial charge in [0.05, 0.1) is 12.2 Å². The topological polar surface area (TPSA) is 93.7 Å². The monoisotopic (exact) mass is 447 g/mol. The molecule has 0 unspecified atom stereocenters. The van der Waals surface area contributed by atoms with Crippen molar-refractivity contribution in [1.82, 2.24) is 14.7 Å². The standard InChI is InChI=1S/C25H29N5O3/c1-18(31)30(20-6-4-3-5-7-20)16-23-22-15-29(13-12-24(22)28(2)27-23)14-19-8-10-21(11-9-19)33-17-25(26)32/h3-11H,12-17H2,1-2H3,(H2,26,32).